The second-order valence-corrected chi connectivity index (χ2v) is 4.96. The number of nitrogens with one attached hydrogen (secondary N) is 2. The van der Waals surface area contributed by atoms with Crippen LogP contribution in [0.3, 0.4) is 0 Å². The van der Waals surface area contributed by atoms with E-state index in [9.17, 15) is 0 Å². The lowest BCUT2D eigenvalue weighted by Crippen LogP contribution is -2.27. The van der Waals surface area contributed by atoms with Crippen molar-refractivity contribution >= 4 is 0 Å². The van der Waals surface area contributed by atoms with Crippen molar-refractivity contribution in [2.24, 2.45) is 0 Å². The fourth-order valence-electron chi connectivity index (χ4n) is 2.08. The third-order valence-electron chi connectivity index (χ3n) is 3.18. The first-order valence-corrected chi connectivity index (χ1v) is 6.62. The predicted octanol–water partition coefficient (Wildman–Crippen LogP) is 2.44. The molecule has 102 valence electrons. The lowest BCUT2D eigenvalue weighted by molar-refractivity contribution is 0.407. The highest BCUT2D eigenvalue weighted by Gasteiger charge is 2.10. The van der Waals surface area contributed by atoms with Crippen LogP contribution < -0.4 is 15.4 Å². The van der Waals surface area contributed by atoms with Crippen LogP contribution in [-0.2, 0) is 6.42 Å². The summed E-state index contributed by atoms with van der Waals surface area (Å²) in [6, 6.07) is 4.45. The maximum Gasteiger partial charge on any atom is 0.122 e. The molecule has 2 N–H and O–H groups in total. The van der Waals surface area contributed by atoms with E-state index >= 15 is 0 Å². The van der Waals surface area contributed by atoms with E-state index in [1.165, 1.54) is 16.7 Å². The monoisotopic (exact) mass is 250 g/mol. The van der Waals surface area contributed by atoms with Crippen LogP contribution in [0.1, 0.15) is 36.5 Å². The Bertz CT molecular complexity index is 375. The summed E-state index contributed by atoms with van der Waals surface area (Å²) in [7, 11) is 3.69. The van der Waals surface area contributed by atoms with Gasteiger partial charge >= 0.3 is 0 Å². The van der Waals surface area contributed by atoms with Crippen LogP contribution in [0.5, 0.6) is 5.75 Å². The van der Waals surface area contributed by atoms with Crippen molar-refractivity contribution in [1.82, 2.24) is 10.6 Å². The molecule has 0 aliphatic carbocycles. The van der Waals surface area contributed by atoms with Gasteiger partial charge in [0.2, 0.25) is 0 Å². The number of methoxy groups -OCH3 is 1. The molecule has 1 aromatic rings. The standard InChI is InChI=1S/C15H26N2O/c1-11(2)14-9-13(6-7-17-10-16-4)12(3)8-15(14)18-5/h8-9,11,16-17H,6-7,10H2,1-5H3. The van der Waals surface area contributed by atoms with Gasteiger partial charge in [-0.3, -0.25) is 0 Å². The van der Waals surface area contributed by atoms with Crippen molar-refractivity contribution in [2.45, 2.75) is 33.1 Å². The van der Waals surface area contributed by atoms with Crippen LogP contribution in [-0.4, -0.2) is 27.4 Å². The molecule has 18 heavy (non-hydrogen) atoms. The van der Waals surface area contributed by atoms with E-state index in [1.807, 2.05) is 7.05 Å². The molecule has 0 unspecified atom stereocenters. The summed E-state index contributed by atoms with van der Waals surface area (Å²) in [6.07, 6.45) is 1.05. The third kappa shape index (κ3) is 4.00. The Morgan fingerprint density at radius 1 is 1.28 bits per heavy atom. The van der Waals surface area contributed by atoms with E-state index in [-0.39, 0.29) is 0 Å². The van der Waals surface area contributed by atoms with Crippen molar-refractivity contribution in [3.05, 3.63) is 28.8 Å². The van der Waals surface area contributed by atoms with Gasteiger partial charge in [-0.05, 0) is 49.1 Å². The lowest BCUT2D eigenvalue weighted by Gasteiger charge is -2.16. The van der Waals surface area contributed by atoms with E-state index < -0.39 is 0 Å². The predicted molar refractivity (Wildman–Crippen MR) is 77.5 cm³/mol. The highest BCUT2D eigenvalue weighted by Crippen LogP contribution is 2.29. The van der Waals surface area contributed by atoms with Gasteiger partial charge < -0.3 is 15.4 Å². The van der Waals surface area contributed by atoms with E-state index in [1.54, 1.807) is 7.11 Å². The zero-order chi connectivity index (χ0) is 13.5. The Balaban J connectivity index is 2.81. The lowest BCUT2D eigenvalue weighted by atomic mass is 9.95. The van der Waals surface area contributed by atoms with Gasteiger partial charge in [-0.1, -0.05) is 19.9 Å². The average molecular weight is 250 g/mol. The van der Waals surface area contributed by atoms with Gasteiger partial charge in [-0.15, -0.1) is 0 Å². The van der Waals surface area contributed by atoms with E-state index in [0.29, 0.717) is 5.92 Å². The van der Waals surface area contributed by atoms with E-state index in [2.05, 4.69) is 43.5 Å². The molecule has 3 heteroatoms. The highest BCUT2D eigenvalue weighted by atomic mass is 16.5. The SMILES string of the molecule is CNCNCCc1cc(C(C)C)c(OC)cc1C. The summed E-state index contributed by atoms with van der Waals surface area (Å²) >= 11 is 0. The Labute approximate surface area is 111 Å². The van der Waals surface area contributed by atoms with Gasteiger partial charge in [0.15, 0.2) is 0 Å². The molecule has 0 aliphatic heterocycles. The van der Waals surface area contributed by atoms with Gasteiger partial charge in [-0.25, -0.2) is 0 Å². The van der Waals surface area contributed by atoms with Crippen LogP contribution in [0.4, 0.5) is 0 Å². The van der Waals surface area contributed by atoms with E-state index in [0.717, 1.165) is 25.4 Å². The Kier molecular flexibility index (Phi) is 6.16. The molecule has 0 fully saturated rings. The Morgan fingerprint density at radius 2 is 2.00 bits per heavy atom. The molecular formula is C15H26N2O. The molecule has 0 aliphatic rings. The average Bonchev–Trinajstić information content (AvgIpc) is 2.35. The third-order valence-corrected chi connectivity index (χ3v) is 3.18. The molecule has 0 aromatic heterocycles. The van der Waals surface area contributed by atoms with Gasteiger partial charge in [0, 0.05) is 13.2 Å². The smallest absolute Gasteiger partial charge is 0.122 e. The fraction of sp³-hybridized carbons (Fsp3) is 0.600. The molecular weight excluding hydrogens is 224 g/mol. The fourth-order valence-corrected chi connectivity index (χ4v) is 2.08. The summed E-state index contributed by atoms with van der Waals surface area (Å²) in [5.74, 6) is 1.50. The number of benzene rings is 1. The molecule has 0 saturated heterocycles. The normalized spacial score (nSPS) is 11.0. The van der Waals surface area contributed by atoms with Gasteiger partial charge in [0.1, 0.15) is 5.75 Å². The topological polar surface area (TPSA) is 33.3 Å². The number of hydrogen-bond acceptors (Lipinski definition) is 3. The zero-order valence-corrected chi connectivity index (χ0v) is 12.3. The van der Waals surface area contributed by atoms with Crippen LogP contribution >= 0.6 is 0 Å². The summed E-state index contributed by atoms with van der Waals surface area (Å²) in [5.41, 5.74) is 4.01. The maximum atomic E-state index is 5.46. The number of ether oxygens (including phenoxy) is 1. The quantitative estimate of drug-likeness (QED) is 0.576. The highest BCUT2D eigenvalue weighted by molar-refractivity contribution is 5.44. The molecule has 0 spiro atoms. The zero-order valence-electron chi connectivity index (χ0n) is 12.3. The number of rotatable bonds is 7. The number of aryl methyl sites for hydroxylation is 1. The largest absolute Gasteiger partial charge is 0.496 e. The molecule has 1 aromatic carbocycles. The molecule has 0 saturated carbocycles. The summed E-state index contributed by atoms with van der Waals surface area (Å²) < 4.78 is 5.46. The molecule has 0 atom stereocenters. The molecule has 0 radical (unpaired) electrons. The first-order valence-electron chi connectivity index (χ1n) is 6.62. The van der Waals surface area contributed by atoms with Crippen LogP contribution in [0.2, 0.25) is 0 Å². The minimum absolute atomic E-state index is 0.490. The van der Waals surface area contributed by atoms with Crippen LogP contribution in [0.25, 0.3) is 0 Å². The van der Waals surface area contributed by atoms with Crippen molar-refractivity contribution < 1.29 is 4.74 Å². The molecule has 3 nitrogen and oxygen atoms in total. The second-order valence-electron chi connectivity index (χ2n) is 4.96. The van der Waals surface area contributed by atoms with Crippen molar-refractivity contribution in [3.8, 4) is 5.75 Å². The molecule has 0 amide bonds. The summed E-state index contributed by atoms with van der Waals surface area (Å²) in [4.78, 5) is 0. The van der Waals surface area contributed by atoms with Crippen LogP contribution in [0, 0.1) is 6.92 Å². The van der Waals surface area contributed by atoms with Crippen LogP contribution in [0.15, 0.2) is 12.1 Å². The minimum atomic E-state index is 0.490. The van der Waals surface area contributed by atoms with Crippen molar-refractivity contribution in [1.29, 1.82) is 0 Å². The first-order chi connectivity index (χ1) is 8.60. The van der Waals surface area contributed by atoms with Crippen molar-refractivity contribution in [2.75, 3.05) is 27.4 Å². The van der Waals surface area contributed by atoms with Gasteiger partial charge in [-0.2, -0.15) is 0 Å². The van der Waals surface area contributed by atoms with Crippen molar-refractivity contribution in [3.63, 3.8) is 0 Å². The van der Waals surface area contributed by atoms with Gasteiger partial charge in [0.05, 0.1) is 7.11 Å². The molecule has 0 bridgehead atoms. The minimum Gasteiger partial charge on any atom is -0.496 e. The summed E-state index contributed by atoms with van der Waals surface area (Å²) in [6.45, 7) is 8.41. The molecule has 1 rings (SSSR count). The van der Waals surface area contributed by atoms with Gasteiger partial charge in [0.25, 0.3) is 0 Å². The first kappa shape index (κ1) is 15.0. The Morgan fingerprint density at radius 3 is 2.56 bits per heavy atom. The molecule has 0 heterocycles. The summed E-state index contributed by atoms with van der Waals surface area (Å²) in [5, 5.41) is 6.43. The maximum absolute atomic E-state index is 5.46. The second kappa shape index (κ2) is 7.39. The van der Waals surface area contributed by atoms with E-state index in [4.69, 9.17) is 4.74 Å². The Hall–Kier alpha value is -1.06. The number of hydrogen-bond donors (Lipinski definition) is 2.